The molecule has 0 bridgehead atoms. The zero-order valence-corrected chi connectivity index (χ0v) is 25.3. The molecule has 0 radical (unpaired) electrons. The van der Waals surface area contributed by atoms with E-state index in [1.165, 1.54) is 19.9 Å². The first kappa shape index (κ1) is 31.0. The maximum Gasteiger partial charge on any atom is 0.306 e. The van der Waals surface area contributed by atoms with Gasteiger partial charge in [0.25, 0.3) is 0 Å². The van der Waals surface area contributed by atoms with Crippen LogP contribution in [0.2, 0.25) is 0 Å². The summed E-state index contributed by atoms with van der Waals surface area (Å²) in [5.74, 6) is -4.79. The predicted octanol–water partition coefficient (Wildman–Crippen LogP) is 3.80. The lowest BCUT2D eigenvalue weighted by Gasteiger charge is -2.61. The van der Waals surface area contributed by atoms with Gasteiger partial charge in [-0.2, -0.15) is 0 Å². The van der Waals surface area contributed by atoms with Gasteiger partial charge in [-0.1, -0.05) is 40.2 Å². The molecule has 224 valence electrons. The van der Waals surface area contributed by atoms with Gasteiger partial charge in [0.05, 0.1) is 17.4 Å². The molecule has 0 amide bonds. The number of carboxylic acids is 1. The number of rotatable bonds is 6. The van der Waals surface area contributed by atoms with E-state index in [4.69, 9.17) is 4.74 Å². The van der Waals surface area contributed by atoms with Crippen molar-refractivity contribution >= 4 is 35.1 Å². The van der Waals surface area contributed by atoms with Crippen LogP contribution in [0, 0.1) is 39.4 Å². The molecule has 41 heavy (non-hydrogen) atoms. The quantitative estimate of drug-likeness (QED) is 0.359. The number of Topliss-reactive ketones (excluding diaryl/α,β-unsaturated/α-hetero) is 3. The minimum absolute atomic E-state index is 0.0459. The highest BCUT2D eigenvalue weighted by Gasteiger charge is 2.74. The number of esters is 1. The Labute approximate surface area is 240 Å². The average molecular weight is 571 g/mol. The molecule has 0 saturated heterocycles. The number of carbonyl (C=O) groups is 6. The van der Waals surface area contributed by atoms with E-state index in [9.17, 15) is 39.0 Å². The van der Waals surface area contributed by atoms with Crippen LogP contribution in [0.1, 0.15) is 87.5 Å². The van der Waals surface area contributed by atoms with Crippen molar-refractivity contribution in [3.8, 4) is 0 Å². The minimum atomic E-state index is -1.40. The Kier molecular flexibility index (Phi) is 7.42. The van der Waals surface area contributed by atoms with Crippen LogP contribution >= 0.6 is 0 Å². The number of ether oxygens (including phenoxy) is 1. The monoisotopic (exact) mass is 570 g/mol. The summed E-state index contributed by atoms with van der Waals surface area (Å²) in [7, 11) is 0. The third kappa shape index (κ3) is 4.21. The molecule has 0 heterocycles. The van der Waals surface area contributed by atoms with Crippen molar-refractivity contribution in [2.75, 3.05) is 0 Å². The second-order valence-corrected chi connectivity index (χ2v) is 13.9. The summed E-state index contributed by atoms with van der Waals surface area (Å²) in [6, 6.07) is 0. The lowest BCUT2D eigenvalue weighted by molar-refractivity contribution is -0.174. The lowest BCUT2D eigenvalue weighted by atomic mass is 9.42. The van der Waals surface area contributed by atoms with Crippen molar-refractivity contribution in [3.63, 3.8) is 0 Å². The first-order chi connectivity index (χ1) is 18.8. The third-order valence-corrected chi connectivity index (χ3v) is 11.3. The molecule has 2 N–H and O–H groups in total. The molecule has 0 aromatic rings. The smallest absolute Gasteiger partial charge is 0.306 e. The van der Waals surface area contributed by atoms with Crippen LogP contribution < -0.4 is 0 Å². The number of aliphatic hydroxyl groups excluding tert-OH is 1. The molecule has 4 aliphatic rings. The molecular weight excluding hydrogens is 528 g/mol. The van der Waals surface area contributed by atoms with Crippen LogP contribution in [0.15, 0.2) is 22.8 Å². The molecule has 0 spiro atoms. The van der Waals surface area contributed by atoms with Gasteiger partial charge in [-0.25, -0.2) is 0 Å². The fourth-order valence-electron chi connectivity index (χ4n) is 8.84. The Morgan fingerprint density at radius 3 is 2.22 bits per heavy atom. The number of aliphatic carboxylic acids is 1. The van der Waals surface area contributed by atoms with E-state index in [0.29, 0.717) is 23.1 Å². The van der Waals surface area contributed by atoms with Crippen LogP contribution in [0.4, 0.5) is 0 Å². The molecule has 0 aliphatic heterocycles. The Morgan fingerprint density at radius 1 is 1.05 bits per heavy atom. The number of carboxylic acid groups (broad SMARTS) is 1. The second kappa shape index (κ2) is 9.82. The number of fused-ring (bicyclic) bond motifs is 4. The highest BCUT2D eigenvalue weighted by Crippen LogP contribution is 2.70. The van der Waals surface area contributed by atoms with Gasteiger partial charge < -0.3 is 14.9 Å². The van der Waals surface area contributed by atoms with Crippen molar-refractivity contribution in [1.82, 2.24) is 0 Å². The fraction of sp³-hybridized carbons (Fsp3) is 0.688. The van der Waals surface area contributed by atoms with Crippen LogP contribution in [0.5, 0.6) is 0 Å². The number of carbonyl (C=O) groups excluding carboxylic acids is 5. The van der Waals surface area contributed by atoms with Gasteiger partial charge in [-0.3, -0.25) is 28.8 Å². The van der Waals surface area contributed by atoms with Crippen molar-refractivity contribution in [2.24, 2.45) is 39.4 Å². The first-order valence-corrected chi connectivity index (χ1v) is 14.4. The number of hydrogen-bond donors (Lipinski definition) is 2. The molecule has 2 saturated carbocycles. The van der Waals surface area contributed by atoms with Crippen LogP contribution in [0.3, 0.4) is 0 Å². The van der Waals surface area contributed by atoms with Crippen molar-refractivity contribution in [1.29, 1.82) is 0 Å². The summed E-state index contributed by atoms with van der Waals surface area (Å²) >= 11 is 0. The summed E-state index contributed by atoms with van der Waals surface area (Å²) < 4.78 is 5.78. The van der Waals surface area contributed by atoms with E-state index < -0.39 is 69.2 Å². The summed E-state index contributed by atoms with van der Waals surface area (Å²) in [5, 5.41) is 20.9. The van der Waals surface area contributed by atoms with E-state index >= 15 is 0 Å². The van der Waals surface area contributed by atoms with Gasteiger partial charge >= 0.3 is 11.9 Å². The van der Waals surface area contributed by atoms with Crippen LogP contribution in [0.25, 0.3) is 0 Å². The van der Waals surface area contributed by atoms with Gasteiger partial charge in [0.1, 0.15) is 11.6 Å². The highest BCUT2D eigenvalue weighted by molar-refractivity contribution is 6.09. The van der Waals surface area contributed by atoms with Crippen LogP contribution in [-0.4, -0.2) is 57.5 Å². The summed E-state index contributed by atoms with van der Waals surface area (Å²) in [6.07, 6.45) is -0.622. The fourth-order valence-corrected chi connectivity index (χ4v) is 8.84. The van der Waals surface area contributed by atoms with Gasteiger partial charge in [0, 0.05) is 48.0 Å². The van der Waals surface area contributed by atoms with E-state index in [1.54, 1.807) is 20.8 Å². The van der Waals surface area contributed by atoms with Crippen molar-refractivity contribution < 1.29 is 43.7 Å². The molecule has 0 aromatic carbocycles. The molecule has 4 aliphatic carbocycles. The van der Waals surface area contributed by atoms with E-state index in [0.717, 1.165) is 0 Å². The minimum Gasteiger partial charge on any atom is -0.481 e. The van der Waals surface area contributed by atoms with Gasteiger partial charge in [-0.15, -0.1) is 0 Å². The number of aliphatic hydroxyl groups is 1. The molecular formula is C32H42O9. The van der Waals surface area contributed by atoms with Gasteiger partial charge in [0.2, 0.25) is 5.78 Å². The highest BCUT2D eigenvalue weighted by atomic mass is 16.5. The molecule has 4 rings (SSSR count). The Bertz CT molecular complexity index is 1320. The number of ketones is 4. The third-order valence-electron chi connectivity index (χ3n) is 11.3. The largest absolute Gasteiger partial charge is 0.481 e. The lowest BCUT2D eigenvalue weighted by Crippen LogP contribution is -2.65. The second-order valence-electron chi connectivity index (χ2n) is 13.9. The topological polar surface area (TPSA) is 152 Å². The predicted molar refractivity (Wildman–Crippen MR) is 147 cm³/mol. The van der Waals surface area contributed by atoms with E-state index in [-0.39, 0.29) is 43.2 Å². The van der Waals surface area contributed by atoms with E-state index in [1.807, 2.05) is 20.8 Å². The standard InChI is InChI=1S/C32H42O9/c1-15(11-18(34)12-16(2)28(39)40)19-13-23(37)32(8)24-20(35)14-21-29(4,5)22(36)9-10-30(21,6)25(24)26(38)27(31(19,32)7)41-17(3)33/h11,16,19-21,27,35H,9-10,12-14H2,1-8H3,(H,39,40)/t16-,19+,20-,21-,27+,30-,31-,32-/m0/s1. The average Bonchev–Trinajstić information content (AvgIpc) is 3.07. The van der Waals surface area contributed by atoms with Crippen molar-refractivity contribution in [2.45, 2.75) is 99.7 Å². The first-order valence-electron chi connectivity index (χ1n) is 14.4. The molecule has 9 nitrogen and oxygen atoms in total. The molecule has 9 heteroatoms. The normalized spacial score (nSPS) is 39.0. The Balaban J connectivity index is 1.94. The maximum absolute atomic E-state index is 14.6. The SMILES string of the molecule is CC(=O)O[C@@H]1C(=O)C2=C([C@@H](O)C[C@H]3C(C)(C)C(=O)CC[C@]23C)[C@]2(C)C(=O)C[C@H](C(C)=CC(=O)C[C@H](C)C(=O)O)[C@@]12C. The van der Waals surface area contributed by atoms with Crippen molar-refractivity contribution in [3.05, 3.63) is 22.8 Å². The molecule has 0 aromatic heterocycles. The maximum atomic E-state index is 14.6. The molecule has 0 unspecified atom stereocenters. The number of hydrogen-bond acceptors (Lipinski definition) is 8. The summed E-state index contributed by atoms with van der Waals surface area (Å²) in [5.41, 5.74) is -3.21. The van der Waals surface area contributed by atoms with E-state index in [2.05, 4.69) is 0 Å². The van der Waals surface area contributed by atoms with Gasteiger partial charge in [-0.05, 0) is 50.2 Å². The van der Waals surface area contributed by atoms with Crippen LogP contribution in [-0.2, 0) is 33.5 Å². The molecule has 8 atom stereocenters. The Morgan fingerprint density at radius 2 is 1.66 bits per heavy atom. The number of allylic oxidation sites excluding steroid dienone is 2. The summed E-state index contributed by atoms with van der Waals surface area (Å²) in [4.78, 5) is 78.2. The molecule has 2 fully saturated rings. The zero-order chi connectivity index (χ0) is 31.0. The zero-order valence-electron chi connectivity index (χ0n) is 25.3. The summed E-state index contributed by atoms with van der Waals surface area (Å²) in [6.45, 7) is 13.3. The van der Waals surface area contributed by atoms with Gasteiger partial charge in [0.15, 0.2) is 11.9 Å². The Hall–Kier alpha value is -2.94.